The molecule has 0 aliphatic carbocycles. The number of nitrogens with zero attached hydrogens (tertiary/aromatic N) is 1. The van der Waals surface area contributed by atoms with E-state index in [9.17, 15) is 24.9 Å². The number of carboxylic acid groups (broad SMARTS) is 1. The molecule has 2 heterocycles. The van der Waals surface area contributed by atoms with Crippen LogP contribution in [0.25, 0.3) is 0 Å². The fourth-order valence-electron chi connectivity index (χ4n) is 3.40. The van der Waals surface area contributed by atoms with Crippen molar-refractivity contribution in [3.8, 4) is 11.5 Å². The summed E-state index contributed by atoms with van der Waals surface area (Å²) >= 11 is 0. The number of carbonyl (C=O) groups is 2. The maximum absolute atomic E-state index is 12.3. The summed E-state index contributed by atoms with van der Waals surface area (Å²) < 4.78 is 5.67. The Labute approximate surface area is 161 Å². The third-order valence-corrected chi connectivity index (χ3v) is 4.97. The summed E-state index contributed by atoms with van der Waals surface area (Å²) in [4.78, 5) is 25.4. The summed E-state index contributed by atoms with van der Waals surface area (Å²) in [6, 6.07) is 2.47. The maximum atomic E-state index is 12.3. The highest BCUT2D eigenvalue weighted by Gasteiger charge is 2.39. The fourth-order valence-corrected chi connectivity index (χ4v) is 3.40. The van der Waals surface area contributed by atoms with Crippen molar-refractivity contribution in [1.29, 1.82) is 0 Å². The van der Waals surface area contributed by atoms with E-state index < -0.39 is 42.7 Å². The van der Waals surface area contributed by atoms with Crippen LogP contribution in [0.5, 0.6) is 11.5 Å². The van der Waals surface area contributed by atoms with Crippen LogP contribution in [0.15, 0.2) is 12.1 Å². The molecule has 2 fully saturated rings. The van der Waals surface area contributed by atoms with Crippen molar-refractivity contribution < 1.29 is 39.7 Å². The van der Waals surface area contributed by atoms with Crippen LogP contribution in [0, 0.1) is 0 Å². The molecule has 11 heteroatoms. The molecule has 0 radical (unpaired) electrons. The van der Waals surface area contributed by atoms with Crippen molar-refractivity contribution in [3.63, 3.8) is 0 Å². The number of aromatic hydroxyl groups is 1. The molecule has 10 nitrogen and oxygen atoms in total. The molecule has 1 aromatic carbocycles. The molecule has 0 bridgehead atoms. The Balaban J connectivity index is 1.62. The molecular formula is C17H23BN2O8. The predicted octanol–water partition coefficient (Wildman–Crippen LogP) is -1.58. The molecule has 1 aromatic rings. The molecular weight excluding hydrogens is 371 g/mol. The number of aromatic carboxylic acids is 1. The Kier molecular flexibility index (Phi) is 6.09. The van der Waals surface area contributed by atoms with Crippen molar-refractivity contribution in [2.24, 2.45) is 0 Å². The Bertz CT molecular complexity index is 753. The molecule has 1 amide bonds. The Morgan fingerprint density at radius 1 is 1.29 bits per heavy atom. The Hall–Kier alpha value is -2.34. The molecule has 28 heavy (non-hydrogen) atoms. The van der Waals surface area contributed by atoms with Gasteiger partial charge in [-0.3, -0.25) is 4.79 Å². The highest BCUT2D eigenvalue weighted by Crippen LogP contribution is 2.34. The van der Waals surface area contributed by atoms with Crippen molar-refractivity contribution in [1.82, 2.24) is 10.2 Å². The van der Waals surface area contributed by atoms with Crippen LogP contribution in [0.4, 0.5) is 0 Å². The monoisotopic (exact) mass is 394 g/mol. The number of aliphatic hydroxyl groups excluding tert-OH is 1. The number of carbonyl (C=O) groups excluding carboxylic acids is 1. The summed E-state index contributed by atoms with van der Waals surface area (Å²) in [5.41, 5.74) is -0.121. The highest BCUT2D eigenvalue weighted by molar-refractivity contribution is 6.41. The average Bonchev–Trinajstić information content (AvgIpc) is 3.02. The molecule has 2 aliphatic rings. The average molecular weight is 394 g/mol. The standard InChI is InChI=1S/C17H23BN2O8/c21-10-5-12(19-6-10)16(23)20-7-11(8-20)28-13-2-1-9(3-4-18(26)27)15(22)14(13)17(24)25/h1-2,10-12,19,21-22,26-27H,3-8H2,(H,24,25)/t10-,12-/m0/s1. The van der Waals surface area contributed by atoms with Crippen LogP contribution < -0.4 is 10.1 Å². The lowest BCUT2D eigenvalue weighted by molar-refractivity contribution is -0.142. The van der Waals surface area contributed by atoms with Crippen LogP contribution in [-0.2, 0) is 11.2 Å². The normalized spacial score (nSPS) is 22.0. The number of β-amino-alcohol motifs (C(OH)–C–C–N with tert-alkyl or cyclic N) is 1. The number of benzene rings is 1. The second-order valence-electron chi connectivity index (χ2n) is 7.10. The van der Waals surface area contributed by atoms with Gasteiger partial charge in [-0.2, -0.15) is 0 Å². The number of ether oxygens (including phenoxy) is 1. The van der Waals surface area contributed by atoms with E-state index in [4.69, 9.17) is 14.8 Å². The number of hydrogen-bond acceptors (Lipinski definition) is 8. The minimum atomic E-state index is -1.56. The fraction of sp³-hybridized carbons (Fsp3) is 0.529. The number of likely N-dealkylation sites (tertiary alicyclic amines) is 1. The molecule has 2 atom stereocenters. The van der Waals surface area contributed by atoms with Crippen LogP contribution in [0.3, 0.4) is 0 Å². The van der Waals surface area contributed by atoms with E-state index >= 15 is 0 Å². The van der Waals surface area contributed by atoms with Gasteiger partial charge in [0.05, 0.1) is 25.2 Å². The summed E-state index contributed by atoms with van der Waals surface area (Å²) in [5, 5.41) is 50.0. The number of rotatable bonds is 7. The van der Waals surface area contributed by atoms with Crippen LogP contribution in [-0.4, -0.2) is 87.1 Å². The van der Waals surface area contributed by atoms with Gasteiger partial charge in [-0.15, -0.1) is 0 Å². The molecule has 0 spiro atoms. The van der Waals surface area contributed by atoms with Crippen LogP contribution in [0.2, 0.25) is 6.32 Å². The molecule has 6 N–H and O–H groups in total. The number of hydrogen-bond donors (Lipinski definition) is 6. The van der Waals surface area contributed by atoms with E-state index in [1.807, 2.05) is 0 Å². The van der Waals surface area contributed by atoms with Crippen molar-refractivity contribution in [2.75, 3.05) is 19.6 Å². The van der Waals surface area contributed by atoms with Gasteiger partial charge in [-0.1, -0.05) is 6.07 Å². The number of phenols is 1. The van der Waals surface area contributed by atoms with Gasteiger partial charge in [0.2, 0.25) is 5.91 Å². The van der Waals surface area contributed by atoms with Gasteiger partial charge >= 0.3 is 13.1 Å². The van der Waals surface area contributed by atoms with Crippen molar-refractivity contribution in [3.05, 3.63) is 23.3 Å². The van der Waals surface area contributed by atoms with Gasteiger partial charge in [0.1, 0.15) is 23.2 Å². The molecule has 0 aromatic heterocycles. The first-order chi connectivity index (χ1) is 13.3. The lowest BCUT2D eigenvalue weighted by atomic mass is 9.82. The lowest BCUT2D eigenvalue weighted by Gasteiger charge is -2.40. The van der Waals surface area contributed by atoms with Crippen molar-refractivity contribution >= 4 is 19.0 Å². The first-order valence-corrected chi connectivity index (χ1v) is 9.07. The minimum absolute atomic E-state index is 0.00944. The molecule has 2 saturated heterocycles. The van der Waals surface area contributed by atoms with Crippen LogP contribution in [0.1, 0.15) is 22.3 Å². The summed E-state index contributed by atoms with van der Waals surface area (Å²) in [6.45, 7) is 0.946. The highest BCUT2D eigenvalue weighted by atomic mass is 16.5. The Morgan fingerprint density at radius 3 is 2.57 bits per heavy atom. The third-order valence-electron chi connectivity index (χ3n) is 4.97. The van der Waals surface area contributed by atoms with E-state index in [0.717, 1.165) is 0 Å². The second kappa shape index (κ2) is 8.35. The molecule has 3 rings (SSSR count). The number of nitrogens with one attached hydrogen (secondary N) is 1. The van der Waals surface area contributed by atoms with E-state index in [1.165, 1.54) is 12.1 Å². The largest absolute Gasteiger partial charge is 0.507 e. The molecule has 0 saturated carbocycles. The predicted molar refractivity (Wildman–Crippen MR) is 97.2 cm³/mol. The zero-order chi connectivity index (χ0) is 20.4. The second-order valence-corrected chi connectivity index (χ2v) is 7.10. The van der Waals surface area contributed by atoms with Crippen molar-refractivity contribution in [2.45, 2.75) is 37.4 Å². The first-order valence-electron chi connectivity index (χ1n) is 9.07. The quantitative estimate of drug-likeness (QED) is 0.300. The number of amides is 1. The van der Waals surface area contributed by atoms with Gasteiger partial charge in [0.15, 0.2) is 0 Å². The summed E-state index contributed by atoms with van der Waals surface area (Å²) in [7, 11) is -1.56. The SMILES string of the molecule is O=C(O)c1c(OC2CN(C(=O)[C@@H]3C[C@H](O)CN3)C2)ccc(CCB(O)O)c1O. The lowest BCUT2D eigenvalue weighted by Crippen LogP contribution is -2.59. The third kappa shape index (κ3) is 4.38. The molecule has 152 valence electrons. The topological polar surface area (TPSA) is 160 Å². The van der Waals surface area contributed by atoms with Gasteiger partial charge in [-0.25, -0.2) is 4.79 Å². The van der Waals surface area contributed by atoms with Gasteiger partial charge in [-0.05, 0) is 30.8 Å². The van der Waals surface area contributed by atoms with Gasteiger partial charge in [0, 0.05) is 6.54 Å². The van der Waals surface area contributed by atoms with E-state index in [1.54, 1.807) is 4.90 Å². The van der Waals surface area contributed by atoms with Gasteiger partial charge < -0.3 is 40.3 Å². The number of aryl methyl sites for hydroxylation is 1. The zero-order valence-electron chi connectivity index (χ0n) is 15.1. The smallest absolute Gasteiger partial charge is 0.451 e. The van der Waals surface area contributed by atoms with E-state index in [2.05, 4.69) is 5.32 Å². The van der Waals surface area contributed by atoms with Gasteiger partial charge in [0.25, 0.3) is 0 Å². The first kappa shape index (κ1) is 20.4. The van der Waals surface area contributed by atoms with E-state index in [-0.39, 0.29) is 43.1 Å². The maximum Gasteiger partial charge on any atom is 0.451 e. The molecule has 2 aliphatic heterocycles. The zero-order valence-corrected chi connectivity index (χ0v) is 15.1. The number of aliphatic hydroxyl groups is 1. The van der Waals surface area contributed by atoms with Crippen LogP contribution >= 0.6 is 0 Å². The summed E-state index contributed by atoms with van der Waals surface area (Å²) in [5.74, 6) is -1.97. The van der Waals surface area contributed by atoms with E-state index in [0.29, 0.717) is 13.0 Å². The molecule has 0 unspecified atom stereocenters. The summed E-state index contributed by atoms with van der Waals surface area (Å²) in [6.07, 6.45) is -0.527. The Morgan fingerprint density at radius 2 is 2.00 bits per heavy atom. The number of carboxylic acids is 1. The minimum Gasteiger partial charge on any atom is -0.507 e.